The second kappa shape index (κ2) is 11.6. The molecule has 0 saturated carbocycles. The van der Waals surface area contributed by atoms with E-state index in [0.717, 1.165) is 5.56 Å². The predicted molar refractivity (Wildman–Crippen MR) is 127 cm³/mol. The van der Waals surface area contributed by atoms with Crippen LogP contribution in [0, 0.1) is 17.8 Å². The SMILES string of the molecule is CC(C)[C@H](O)CC(=O)[C@@H](C)[C@H](O[Si](C)(C)C(C)(C)C)[C@H](C)COCc1ccccc1. The van der Waals surface area contributed by atoms with Gasteiger partial charge in [0, 0.05) is 18.3 Å². The number of hydrogen-bond acceptors (Lipinski definition) is 4. The van der Waals surface area contributed by atoms with Gasteiger partial charge in [0.25, 0.3) is 0 Å². The number of Topliss-reactive ketones (excluding diaryl/α,β-unsaturated/α-hetero) is 1. The fourth-order valence-corrected chi connectivity index (χ4v) is 4.54. The molecular weight excluding hydrogens is 392 g/mol. The zero-order valence-electron chi connectivity index (χ0n) is 20.6. The molecule has 30 heavy (non-hydrogen) atoms. The second-order valence-electron chi connectivity index (χ2n) is 10.6. The molecule has 0 saturated heterocycles. The first kappa shape index (κ1) is 27.0. The van der Waals surface area contributed by atoms with Crippen molar-refractivity contribution in [3.63, 3.8) is 0 Å². The van der Waals surface area contributed by atoms with Gasteiger partial charge >= 0.3 is 0 Å². The Balaban J connectivity index is 2.91. The van der Waals surface area contributed by atoms with Gasteiger partial charge in [-0.3, -0.25) is 4.79 Å². The summed E-state index contributed by atoms with van der Waals surface area (Å²) in [6.07, 6.45) is -0.667. The minimum Gasteiger partial charge on any atom is -0.413 e. The summed E-state index contributed by atoms with van der Waals surface area (Å²) in [5.41, 5.74) is 1.13. The van der Waals surface area contributed by atoms with E-state index in [9.17, 15) is 9.90 Å². The highest BCUT2D eigenvalue weighted by molar-refractivity contribution is 6.74. The molecule has 1 N–H and O–H groups in total. The largest absolute Gasteiger partial charge is 0.413 e. The van der Waals surface area contributed by atoms with E-state index in [1.807, 2.05) is 51.1 Å². The Hall–Kier alpha value is -1.01. The summed E-state index contributed by atoms with van der Waals surface area (Å²) in [7, 11) is -2.07. The molecular formula is C25H44O4Si. The van der Waals surface area contributed by atoms with E-state index in [2.05, 4.69) is 40.8 Å². The third-order valence-electron chi connectivity index (χ3n) is 6.47. The van der Waals surface area contributed by atoms with Crippen LogP contribution >= 0.6 is 0 Å². The number of ether oxygens (including phenoxy) is 1. The van der Waals surface area contributed by atoms with E-state index >= 15 is 0 Å². The van der Waals surface area contributed by atoms with Crippen LogP contribution in [0.15, 0.2) is 30.3 Å². The Morgan fingerprint density at radius 1 is 1.07 bits per heavy atom. The summed E-state index contributed by atoms with van der Waals surface area (Å²) in [4.78, 5) is 13.0. The molecule has 1 rings (SSSR count). The van der Waals surface area contributed by atoms with Crippen LogP contribution in [-0.2, 0) is 20.6 Å². The predicted octanol–water partition coefficient (Wildman–Crippen LogP) is 5.84. The lowest BCUT2D eigenvalue weighted by Gasteiger charge is -2.42. The van der Waals surface area contributed by atoms with Crippen molar-refractivity contribution in [2.24, 2.45) is 17.8 Å². The van der Waals surface area contributed by atoms with Gasteiger partial charge in [0.05, 0.1) is 25.4 Å². The average Bonchev–Trinajstić information content (AvgIpc) is 2.65. The molecule has 0 aliphatic carbocycles. The summed E-state index contributed by atoms with van der Waals surface area (Å²) in [6.45, 7) is 20.1. The molecule has 1 aromatic carbocycles. The van der Waals surface area contributed by atoms with E-state index in [-0.39, 0.29) is 41.1 Å². The van der Waals surface area contributed by atoms with Crippen LogP contribution in [0.2, 0.25) is 18.1 Å². The Bertz CT molecular complexity index is 636. The molecule has 4 nitrogen and oxygen atoms in total. The summed E-state index contributed by atoms with van der Waals surface area (Å²) in [5.74, 6) is -0.0943. The average molecular weight is 437 g/mol. The van der Waals surface area contributed by atoms with Crippen LogP contribution in [0.3, 0.4) is 0 Å². The lowest BCUT2D eigenvalue weighted by Crippen LogP contribution is -2.49. The van der Waals surface area contributed by atoms with Crippen LogP contribution in [0.25, 0.3) is 0 Å². The first-order valence-corrected chi connectivity index (χ1v) is 14.2. The minimum absolute atomic E-state index is 0.0517. The van der Waals surface area contributed by atoms with E-state index in [1.54, 1.807) is 0 Å². The maximum Gasteiger partial charge on any atom is 0.192 e. The molecule has 0 heterocycles. The Morgan fingerprint density at radius 2 is 1.63 bits per heavy atom. The van der Waals surface area contributed by atoms with Gasteiger partial charge in [0.2, 0.25) is 0 Å². The summed E-state index contributed by atoms with van der Waals surface area (Å²) < 4.78 is 12.7. The number of carbonyl (C=O) groups excluding carboxylic acids is 1. The molecule has 0 fully saturated rings. The molecule has 172 valence electrons. The number of aliphatic hydroxyl groups is 1. The standard InChI is InChI=1S/C25H44O4Si/c1-18(2)22(26)15-23(27)20(4)24(29-30(8,9)25(5,6)7)19(3)16-28-17-21-13-11-10-12-14-21/h10-14,18-20,22,24,26H,15-17H2,1-9H3/t19-,20-,22-,24-/m1/s1. The van der Waals surface area contributed by atoms with Crippen molar-refractivity contribution in [1.82, 2.24) is 0 Å². The molecule has 0 amide bonds. The fourth-order valence-electron chi connectivity index (χ4n) is 3.07. The highest BCUT2D eigenvalue weighted by Gasteiger charge is 2.42. The van der Waals surface area contributed by atoms with E-state index in [0.29, 0.717) is 13.2 Å². The van der Waals surface area contributed by atoms with Crippen LogP contribution in [-0.4, -0.2) is 38.0 Å². The number of rotatable bonds is 12. The number of aliphatic hydroxyl groups excluding tert-OH is 1. The second-order valence-corrected chi connectivity index (χ2v) is 15.3. The van der Waals surface area contributed by atoms with Gasteiger partial charge in [-0.25, -0.2) is 0 Å². The summed E-state index contributed by atoms with van der Waals surface area (Å²) in [5, 5.41) is 10.3. The lowest BCUT2D eigenvalue weighted by molar-refractivity contribution is -0.129. The van der Waals surface area contributed by atoms with Gasteiger partial charge in [-0.1, -0.05) is 78.8 Å². The van der Waals surface area contributed by atoms with Crippen molar-refractivity contribution in [1.29, 1.82) is 0 Å². The quantitative estimate of drug-likeness (QED) is 0.418. The summed E-state index contributed by atoms with van der Waals surface area (Å²) >= 11 is 0. The normalized spacial score (nSPS) is 16.9. The third kappa shape index (κ3) is 8.25. The topological polar surface area (TPSA) is 55.8 Å². The molecule has 1 aromatic rings. The van der Waals surface area contributed by atoms with Gasteiger partial charge in [-0.2, -0.15) is 0 Å². The van der Waals surface area contributed by atoms with E-state index in [1.165, 1.54) is 0 Å². The number of benzene rings is 1. The Morgan fingerprint density at radius 3 is 2.13 bits per heavy atom. The van der Waals surface area contributed by atoms with Crippen LogP contribution in [0.1, 0.15) is 60.5 Å². The zero-order valence-corrected chi connectivity index (χ0v) is 21.6. The Kier molecular flexibility index (Phi) is 10.4. The molecule has 0 bridgehead atoms. The van der Waals surface area contributed by atoms with Crippen molar-refractivity contribution in [3.8, 4) is 0 Å². The number of carbonyl (C=O) groups is 1. The molecule has 0 spiro atoms. The van der Waals surface area contributed by atoms with Crippen LogP contribution < -0.4 is 0 Å². The van der Waals surface area contributed by atoms with Gasteiger partial charge in [-0.15, -0.1) is 0 Å². The number of hydrogen-bond donors (Lipinski definition) is 1. The van der Waals surface area contributed by atoms with Gasteiger partial charge in [-0.05, 0) is 29.6 Å². The Labute approximate surface area is 185 Å². The maximum absolute atomic E-state index is 13.0. The maximum atomic E-state index is 13.0. The number of ketones is 1. The monoisotopic (exact) mass is 436 g/mol. The molecule has 0 aliphatic heterocycles. The van der Waals surface area contributed by atoms with Crippen LogP contribution in [0.5, 0.6) is 0 Å². The fraction of sp³-hybridized carbons (Fsp3) is 0.720. The van der Waals surface area contributed by atoms with Crippen molar-refractivity contribution in [2.75, 3.05) is 6.61 Å². The molecule has 5 heteroatoms. The molecule has 0 unspecified atom stereocenters. The molecule has 4 atom stereocenters. The van der Waals surface area contributed by atoms with Gasteiger partial charge < -0.3 is 14.3 Å². The van der Waals surface area contributed by atoms with E-state index < -0.39 is 14.4 Å². The lowest BCUT2D eigenvalue weighted by atomic mass is 9.87. The van der Waals surface area contributed by atoms with E-state index in [4.69, 9.17) is 9.16 Å². The van der Waals surface area contributed by atoms with Gasteiger partial charge in [0.1, 0.15) is 5.78 Å². The molecule has 0 radical (unpaired) electrons. The molecule has 0 aromatic heterocycles. The van der Waals surface area contributed by atoms with Crippen molar-refractivity contribution >= 4 is 14.1 Å². The first-order chi connectivity index (χ1) is 13.8. The van der Waals surface area contributed by atoms with Gasteiger partial charge in [0.15, 0.2) is 8.32 Å². The summed E-state index contributed by atoms with van der Waals surface area (Å²) in [6, 6.07) is 10.1. The highest BCUT2D eigenvalue weighted by atomic mass is 28.4. The highest BCUT2D eigenvalue weighted by Crippen LogP contribution is 2.39. The minimum atomic E-state index is -2.07. The van der Waals surface area contributed by atoms with Crippen molar-refractivity contribution in [3.05, 3.63) is 35.9 Å². The smallest absolute Gasteiger partial charge is 0.192 e. The first-order valence-electron chi connectivity index (χ1n) is 11.3. The van der Waals surface area contributed by atoms with Crippen molar-refractivity contribution in [2.45, 2.75) is 91.8 Å². The molecule has 0 aliphatic rings. The third-order valence-corrected chi connectivity index (χ3v) is 10.9. The zero-order chi connectivity index (χ0) is 23.1. The van der Waals surface area contributed by atoms with Crippen molar-refractivity contribution < 1.29 is 19.1 Å². The van der Waals surface area contributed by atoms with Crippen LogP contribution in [0.4, 0.5) is 0 Å².